The van der Waals surface area contributed by atoms with Gasteiger partial charge in [0.1, 0.15) is 10.7 Å². The van der Waals surface area contributed by atoms with Crippen molar-refractivity contribution in [2.24, 2.45) is 0 Å². The van der Waals surface area contributed by atoms with Crippen molar-refractivity contribution < 1.29 is 0 Å². The number of thiazole rings is 1. The van der Waals surface area contributed by atoms with Gasteiger partial charge in [0, 0.05) is 36.9 Å². The highest BCUT2D eigenvalue weighted by Gasteiger charge is 2.13. The first-order valence-corrected chi connectivity index (χ1v) is 8.86. The van der Waals surface area contributed by atoms with Gasteiger partial charge in [-0.1, -0.05) is 6.42 Å². The summed E-state index contributed by atoms with van der Waals surface area (Å²) < 4.78 is 0. The summed E-state index contributed by atoms with van der Waals surface area (Å²) in [5.41, 5.74) is 1.93. The molecule has 2 aromatic heterocycles. The summed E-state index contributed by atoms with van der Waals surface area (Å²) in [5, 5.41) is 6.62. The first-order chi connectivity index (χ1) is 10.8. The highest BCUT2D eigenvalue weighted by atomic mass is 32.1. The second-order valence-corrected chi connectivity index (χ2v) is 6.74. The van der Waals surface area contributed by atoms with Crippen LogP contribution < -0.4 is 5.32 Å². The molecule has 0 radical (unpaired) electrons. The van der Waals surface area contributed by atoms with Crippen LogP contribution >= 0.6 is 11.3 Å². The van der Waals surface area contributed by atoms with Crippen molar-refractivity contribution in [2.45, 2.75) is 38.8 Å². The van der Waals surface area contributed by atoms with Crippen LogP contribution in [0, 0.1) is 0 Å². The lowest BCUT2D eigenvalue weighted by molar-refractivity contribution is 0.208. The minimum Gasteiger partial charge on any atom is -0.307 e. The number of nitrogens with zero attached hydrogens (tertiary/aromatic N) is 4. The molecule has 0 unspecified atom stereocenters. The number of likely N-dealkylation sites (tertiary alicyclic amines) is 1. The quantitative estimate of drug-likeness (QED) is 0.887. The van der Waals surface area contributed by atoms with E-state index in [1.807, 2.05) is 0 Å². The van der Waals surface area contributed by atoms with Gasteiger partial charge in [0.05, 0.1) is 11.9 Å². The largest absolute Gasteiger partial charge is 0.307 e. The van der Waals surface area contributed by atoms with Crippen molar-refractivity contribution in [1.29, 1.82) is 0 Å². The van der Waals surface area contributed by atoms with E-state index in [-0.39, 0.29) is 0 Å². The third-order valence-electron chi connectivity index (χ3n) is 3.95. The molecule has 1 N–H and O–H groups in total. The molecule has 5 nitrogen and oxygen atoms in total. The fourth-order valence-electron chi connectivity index (χ4n) is 2.79. The smallest absolute Gasteiger partial charge is 0.143 e. The second-order valence-electron chi connectivity index (χ2n) is 5.88. The standard InChI is InChI=1S/C16H23N5S/c1-13(11-21-7-3-2-4-8-21)19-9-14-12-22-16(20-14)15-10-17-5-6-18-15/h5-6,10,12-13,19H,2-4,7-9,11H2,1H3/t13-/m1/s1. The molecule has 2 aromatic rings. The molecular formula is C16H23N5S. The van der Waals surface area contributed by atoms with Crippen molar-refractivity contribution in [2.75, 3.05) is 19.6 Å². The van der Waals surface area contributed by atoms with E-state index in [9.17, 15) is 0 Å². The Balaban J connectivity index is 1.48. The number of rotatable bonds is 6. The van der Waals surface area contributed by atoms with Gasteiger partial charge in [-0.2, -0.15) is 0 Å². The van der Waals surface area contributed by atoms with Gasteiger partial charge >= 0.3 is 0 Å². The highest BCUT2D eigenvalue weighted by molar-refractivity contribution is 7.13. The number of aromatic nitrogens is 3. The highest BCUT2D eigenvalue weighted by Crippen LogP contribution is 2.20. The molecule has 3 rings (SSSR count). The van der Waals surface area contributed by atoms with E-state index in [2.05, 4.69) is 37.5 Å². The van der Waals surface area contributed by atoms with E-state index in [1.54, 1.807) is 29.9 Å². The molecule has 0 amide bonds. The van der Waals surface area contributed by atoms with Gasteiger partial charge in [-0.3, -0.25) is 9.97 Å². The molecule has 118 valence electrons. The van der Waals surface area contributed by atoms with E-state index < -0.39 is 0 Å². The number of hydrogen-bond donors (Lipinski definition) is 1. The Labute approximate surface area is 135 Å². The summed E-state index contributed by atoms with van der Waals surface area (Å²) >= 11 is 1.63. The monoisotopic (exact) mass is 317 g/mol. The predicted molar refractivity (Wildman–Crippen MR) is 89.7 cm³/mol. The van der Waals surface area contributed by atoms with Crippen LogP contribution in [0.5, 0.6) is 0 Å². The van der Waals surface area contributed by atoms with Gasteiger partial charge in [-0.15, -0.1) is 11.3 Å². The summed E-state index contributed by atoms with van der Waals surface area (Å²) in [5.74, 6) is 0. The minimum absolute atomic E-state index is 0.486. The van der Waals surface area contributed by atoms with Gasteiger partial charge in [0.15, 0.2) is 0 Å². The molecule has 0 spiro atoms. The summed E-state index contributed by atoms with van der Waals surface area (Å²) in [4.78, 5) is 15.6. The molecule has 1 fully saturated rings. The van der Waals surface area contributed by atoms with Crippen LogP contribution in [0.25, 0.3) is 10.7 Å². The van der Waals surface area contributed by atoms with Crippen LogP contribution in [0.4, 0.5) is 0 Å². The molecular weight excluding hydrogens is 294 g/mol. The third-order valence-corrected chi connectivity index (χ3v) is 4.86. The van der Waals surface area contributed by atoms with Gasteiger partial charge < -0.3 is 10.2 Å². The summed E-state index contributed by atoms with van der Waals surface area (Å²) in [7, 11) is 0. The molecule has 0 saturated carbocycles. The van der Waals surface area contributed by atoms with Crippen molar-refractivity contribution in [3.8, 4) is 10.7 Å². The number of hydrogen-bond acceptors (Lipinski definition) is 6. The lowest BCUT2D eigenvalue weighted by Crippen LogP contribution is -2.41. The first-order valence-electron chi connectivity index (χ1n) is 7.98. The topological polar surface area (TPSA) is 53.9 Å². The number of piperidine rings is 1. The van der Waals surface area contributed by atoms with E-state index in [0.29, 0.717) is 6.04 Å². The Morgan fingerprint density at radius 1 is 1.27 bits per heavy atom. The SMILES string of the molecule is C[C@H](CN1CCCCC1)NCc1csc(-c2cnccn2)n1. The average Bonchev–Trinajstić information content (AvgIpc) is 3.04. The number of nitrogens with one attached hydrogen (secondary N) is 1. The molecule has 1 saturated heterocycles. The molecule has 1 aliphatic heterocycles. The lowest BCUT2D eigenvalue weighted by Gasteiger charge is -2.29. The molecule has 0 aliphatic carbocycles. The maximum atomic E-state index is 4.64. The average molecular weight is 317 g/mol. The first kappa shape index (κ1) is 15.5. The normalized spacial score (nSPS) is 17.5. The molecule has 3 heterocycles. The third kappa shape index (κ3) is 4.32. The van der Waals surface area contributed by atoms with Crippen LogP contribution in [0.3, 0.4) is 0 Å². The molecule has 22 heavy (non-hydrogen) atoms. The van der Waals surface area contributed by atoms with Crippen LogP contribution in [-0.4, -0.2) is 45.5 Å². The van der Waals surface area contributed by atoms with E-state index in [1.165, 1.54) is 32.4 Å². The molecule has 1 atom stereocenters. The fourth-order valence-corrected chi connectivity index (χ4v) is 3.57. The van der Waals surface area contributed by atoms with Gasteiger partial charge in [0.2, 0.25) is 0 Å². The van der Waals surface area contributed by atoms with E-state index in [4.69, 9.17) is 0 Å². The lowest BCUT2D eigenvalue weighted by atomic mass is 10.1. The Kier molecular flexibility index (Phi) is 5.48. The van der Waals surface area contributed by atoms with Gasteiger partial charge in [0.25, 0.3) is 0 Å². The predicted octanol–water partition coefficient (Wildman–Crippen LogP) is 2.56. The zero-order valence-electron chi connectivity index (χ0n) is 13.0. The second kappa shape index (κ2) is 7.76. The van der Waals surface area contributed by atoms with Crippen molar-refractivity contribution in [3.05, 3.63) is 29.7 Å². The Morgan fingerprint density at radius 3 is 2.91 bits per heavy atom. The van der Waals surface area contributed by atoms with E-state index in [0.717, 1.165) is 29.5 Å². The Bertz CT molecular complexity index is 565. The maximum absolute atomic E-state index is 4.64. The minimum atomic E-state index is 0.486. The summed E-state index contributed by atoms with van der Waals surface area (Å²) in [6.07, 6.45) is 9.23. The Morgan fingerprint density at radius 2 is 2.14 bits per heavy atom. The van der Waals surface area contributed by atoms with Crippen molar-refractivity contribution in [3.63, 3.8) is 0 Å². The van der Waals surface area contributed by atoms with Crippen molar-refractivity contribution in [1.82, 2.24) is 25.2 Å². The summed E-state index contributed by atoms with van der Waals surface area (Å²) in [6, 6.07) is 0.486. The van der Waals surface area contributed by atoms with Crippen LogP contribution in [0.2, 0.25) is 0 Å². The van der Waals surface area contributed by atoms with Crippen LogP contribution in [0.15, 0.2) is 24.0 Å². The van der Waals surface area contributed by atoms with Crippen LogP contribution in [0.1, 0.15) is 31.9 Å². The fraction of sp³-hybridized carbons (Fsp3) is 0.562. The molecule has 6 heteroatoms. The molecule has 0 aromatic carbocycles. The van der Waals surface area contributed by atoms with Gasteiger partial charge in [-0.25, -0.2) is 4.98 Å². The maximum Gasteiger partial charge on any atom is 0.143 e. The molecule has 0 bridgehead atoms. The van der Waals surface area contributed by atoms with Gasteiger partial charge in [-0.05, 0) is 32.9 Å². The van der Waals surface area contributed by atoms with Crippen molar-refractivity contribution >= 4 is 11.3 Å². The zero-order valence-corrected chi connectivity index (χ0v) is 13.9. The summed E-state index contributed by atoms with van der Waals surface area (Å²) in [6.45, 7) is 6.69. The molecule has 1 aliphatic rings. The Hall–Kier alpha value is -1.37. The van der Waals surface area contributed by atoms with E-state index >= 15 is 0 Å². The zero-order chi connectivity index (χ0) is 15.2. The van der Waals surface area contributed by atoms with Crippen LogP contribution in [-0.2, 0) is 6.54 Å².